The van der Waals surface area contributed by atoms with Crippen LogP contribution in [0.4, 0.5) is 0 Å². The average Bonchev–Trinajstić information content (AvgIpc) is 2.73. The summed E-state index contributed by atoms with van der Waals surface area (Å²) in [6, 6.07) is 0. The molecule has 4 nitrogen and oxygen atoms in total. The zero-order valence-electron chi connectivity index (χ0n) is 11.8. The molecule has 0 radical (unpaired) electrons. The van der Waals surface area contributed by atoms with Crippen molar-refractivity contribution in [3.63, 3.8) is 0 Å². The molecular weight excluding hydrogens is 260 g/mol. The molecule has 2 saturated heterocycles. The fraction of sp³-hybridized carbons (Fsp3) is 0.929. The summed E-state index contributed by atoms with van der Waals surface area (Å²) in [5, 5.41) is 0. The summed E-state index contributed by atoms with van der Waals surface area (Å²) < 4.78 is 5.26. The van der Waals surface area contributed by atoms with Gasteiger partial charge in [-0.3, -0.25) is 4.79 Å². The predicted molar refractivity (Wildman–Crippen MR) is 79.6 cm³/mol. The van der Waals surface area contributed by atoms with Gasteiger partial charge in [-0.15, -0.1) is 0 Å². The van der Waals surface area contributed by atoms with Gasteiger partial charge < -0.3 is 14.5 Å². The number of hydrogen-bond acceptors (Lipinski definition) is 4. The SMILES string of the molecule is O=C(CSCCN1CCCCCC1)N1CCOCC1. The van der Waals surface area contributed by atoms with Crippen molar-refractivity contribution in [2.24, 2.45) is 0 Å². The molecule has 0 atom stereocenters. The van der Waals surface area contributed by atoms with Crippen molar-refractivity contribution < 1.29 is 9.53 Å². The van der Waals surface area contributed by atoms with E-state index in [1.165, 1.54) is 38.8 Å². The first-order valence-electron chi connectivity index (χ1n) is 7.52. The quantitative estimate of drug-likeness (QED) is 0.716. The Bertz CT molecular complexity index is 262. The molecule has 5 heteroatoms. The molecule has 0 unspecified atom stereocenters. The molecule has 2 rings (SSSR count). The predicted octanol–water partition coefficient (Wildman–Crippen LogP) is 1.45. The number of nitrogens with zero attached hydrogens (tertiary/aromatic N) is 2. The lowest BCUT2D eigenvalue weighted by Gasteiger charge is -2.26. The fourth-order valence-corrected chi connectivity index (χ4v) is 3.51. The van der Waals surface area contributed by atoms with Crippen molar-refractivity contribution in [1.29, 1.82) is 0 Å². The second-order valence-electron chi connectivity index (χ2n) is 5.30. The smallest absolute Gasteiger partial charge is 0.232 e. The zero-order chi connectivity index (χ0) is 13.3. The minimum absolute atomic E-state index is 0.282. The Morgan fingerprint density at radius 2 is 1.68 bits per heavy atom. The number of likely N-dealkylation sites (tertiary alicyclic amines) is 1. The molecule has 2 heterocycles. The molecule has 2 aliphatic heterocycles. The third-order valence-corrected chi connectivity index (χ3v) is 4.76. The van der Waals surface area contributed by atoms with Crippen molar-refractivity contribution >= 4 is 17.7 Å². The largest absolute Gasteiger partial charge is 0.378 e. The average molecular weight is 286 g/mol. The van der Waals surface area contributed by atoms with Crippen molar-refractivity contribution in [3.8, 4) is 0 Å². The highest BCUT2D eigenvalue weighted by molar-refractivity contribution is 7.99. The van der Waals surface area contributed by atoms with Crippen molar-refractivity contribution in [3.05, 3.63) is 0 Å². The maximum Gasteiger partial charge on any atom is 0.232 e. The number of morpholine rings is 1. The Morgan fingerprint density at radius 1 is 1.00 bits per heavy atom. The first kappa shape index (κ1) is 15.1. The molecule has 0 saturated carbocycles. The zero-order valence-corrected chi connectivity index (χ0v) is 12.6. The maximum absolute atomic E-state index is 11.9. The second kappa shape index (κ2) is 8.82. The molecule has 0 aromatic rings. The van der Waals surface area contributed by atoms with Gasteiger partial charge in [-0.1, -0.05) is 12.8 Å². The molecule has 0 aliphatic carbocycles. The summed E-state index contributed by atoms with van der Waals surface area (Å²) in [6.45, 7) is 6.57. The van der Waals surface area contributed by atoms with Crippen LogP contribution >= 0.6 is 11.8 Å². The number of amides is 1. The van der Waals surface area contributed by atoms with Gasteiger partial charge in [-0.05, 0) is 25.9 Å². The summed E-state index contributed by atoms with van der Waals surface area (Å²) in [4.78, 5) is 16.4. The van der Waals surface area contributed by atoms with Crippen molar-refractivity contribution in [2.75, 3.05) is 57.4 Å². The second-order valence-corrected chi connectivity index (χ2v) is 6.41. The Kier molecular flexibility index (Phi) is 7.03. The number of thioether (sulfide) groups is 1. The lowest BCUT2D eigenvalue weighted by molar-refractivity contribution is -0.132. The van der Waals surface area contributed by atoms with Gasteiger partial charge in [-0.25, -0.2) is 0 Å². The van der Waals surface area contributed by atoms with Gasteiger partial charge in [0.05, 0.1) is 19.0 Å². The van der Waals surface area contributed by atoms with Gasteiger partial charge in [0.25, 0.3) is 0 Å². The summed E-state index contributed by atoms with van der Waals surface area (Å²) >= 11 is 1.78. The van der Waals surface area contributed by atoms with Crippen LogP contribution < -0.4 is 0 Å². The molecule has 0 spiro atoms. The van der Waals surface area contributed by atoms with Crippen LogP contribution in [0.25, 0.3) is 0 Å². The van der Waals surface area contributed by atoms with Crippen LogP contribution in [0.15, 0.2) is 0 Å². The van der Waals surface area contributed by atoms with E-state index >= 15 is 0 Å². The van der Waals surface area contributed by atoms with Crippen LogP contribution in [0, 0.1) is 0 Å². The van der Waals surface area contributed by atoms with E-state index in [4.69, 9.17) is 4.74 Å². The molecule has 1 amide bonds. The van der Waals surface area contributed by atoms with E-state index in [-0.39, 0.29) is 5.91 Å². The summed E-state index contributed by atoms with van der Waals surface area (Å²) in [5.74, 6) is 1.99. The summed E-state index contributed by atoms with van der Waals surface area (Å²) in [6.07, 6.45) is 5.47. The molecule has 0 N–H and O–H groups in total. The first-order chi connectivity index (χ1) is 9.36. The van der Waals surface area contributed by atoms with E-state index in [0.29, 0.717) is 19.0 Å². The van der Waals surface area contributed by atoms with E-state index in [9.17, 15) is 4.79 Å². The lowest BCUT2D eigenvalue weighted by atomic mass is 10.2. The number of ether oxygens (including phenoxy) is 1. The topological polar surface area (TPSA) is 32.8 Å². The molecule has 19 heavy (non-hydrogen) atoms. The van der Waals surface area contributed by atoms with Crippen LogP contribution in [-0.4, -0.2) is 73.2 Å². The molecule has 0 bridgehead atoms. The van der Waals surface area contributed by atoms with E-state index < -0.39 is 0 Å². The Balaban J connectivity index is 1.54. The highest BCUT2D eigenvalue weighted by Gasteiger charge is 2.16. The van der Waals surface area contributed by atoms with Gasteiger partial charge in [0, 0.05) is 25.4 Å². The highest BCUT2D eigenvalue weighted by Crippen LogP contribution is 2.11. The van der Waals surface area contributed by atoms with E-state index in [2.05, 4.69) is 4.90 Å². The van der Waals surface area contributed by atoms with E-state index in [1.807, 2.05) is 4.90 Å². The molecule has 0 aromatic heterocycles. The maximum atomic E-state index is 11.9. The number of rotatable bonds is 5. The van der Waals surface area contributed by atoms with E-state index in [1.54, 1.807) is 11.8 Å². The fourth-order valence-electron chi connectivity index (χ4n) is 2.62. The molecular formula is C14H26N2O2S. The third kappa shape index (κ3) is 5.71. The van der Waals surface area contributed by atoms with Crippen molar-refractivity contribution in [2.45, 2.75) is 25.7 Å². The highest BCUT2D eigenvalue weighted by atomic mass is 32.2. The Hall–Kier alpha value is -0.260. The lowest BCUT2D eigenvalue weighted by Crippen LogP contribution is -2.41. The van der Waals surface area contributed by atoms with Crippen molar-refractivity contribution in [1.82, 2.24) is 9.80 Å². The van der Waals surface area contributed by atoms with Gasteiger partial charge >= 0.3 is 0 Å². The minimum atomic E-state index is 0.282. The van der Waals surface area contributed by atoms with Gasteiger partial charge in [-0.2, -0.15) is 11.8 Å². The standard InChI is InChI=1S/C14H26N2O2S/c17-14(16-7-10-18-11-8-16)13-19-12-9-15-5-3-1-2-4-6-15/h1-13H2. The van der Waals surface area contributed by atoms with E-state index in [0.717, 1.165) is 25.4 Å². The van der Waals surface area contributed by atoms with Crippen LogP contribution in [0.3, 0.4) is 0 Å². The minimum Gasteiger partial charge on any atom is -0.378 e. The summed E-state index contributed by atoms with van der Waals surface area (Å²) in [7, 11) is 0. The van der Waals surface area contributed by atoms with Gasteiger partial charge in [0.2, 0.25) is 5.91 Å². The molecule has 110 valence electrons. The van der Waals surface area contributed by atoms with Gasteiger partial charge in [0.1, 0.15) is 0 Å². The molecule has 0 aromatic carbocycles. The first-order valence-corrected chi connectivity index (χ1v) is 8.67. The van der Waals surface area contributed by atoms with Gasteiger partial charge in [0.15, 0.2) is 0 Å². The van der Waals surface area contributed by atoms with Crippen LogP contribution in [0.2, 0.25) is 0 Å². The summed E-state index contributed by atoms with van der Waals surface area (Å²) in [5.41, 5.74) is 0. The number of carbonyl (C=O) groups excluding carboxylic acids is 1. The van der Waals surface area contributed by atoms with Crippen LogP contribution in [-0.2, 0) is 9.53 Å². The number of carbonyl (C=O) groups is 1. The monoisotopic (exact) mass is 286 g/mol. The van der Waals surface area contributed by atoms with Crippen LogP contribution in [0.1, 0.15) is 25.7 Å². The molecule has 2 fully saturated rings. The molecule has 2 aliphatic rings. The normalized spacial score (nSPS) is 22.2. The number of hydrogen-bond donors (Lipinski definition) is 0. The Morgan fingerprint density at radius 3 is 2.37 bits per heavy atom. The Labute approximate surface area is 120 Å². The van der Waals surface area contributed by atoms with Crippen LogP contribution in [0.5, 0.6) is 0 Å². The third-order valence-electron chi connectivity index (χ3n) is 3.84.